The van der Waals surface area contributed by atoms with Gasteiger partial charge in [-0.25, -0.2) is 8.42 Å². The first kappa shape index (κ1) is 15.9. The SMILES string of the molecule is CCOC(=O)CS(=O)(=O)N1CCCC1(CC)C(=O)O. The Kier molecular flexibility index (Phi) is 4.92. The van der Waals surface area contributed by atoms with E-state index in [0.717, 1.165) is 4.31 Å². The van der Waals surface area contributed by atoms with Gasteiger partial charge in [0.25, 0.3) is 0 Å². The van der Waals surface area contributed by atoms with E-state index in [0.29, 0.717) is 6.42 Å². The van der Waals surface area contributed by atoms with Gasteiger partial charge in [-0.2, -0.15) is 4.31 Å². The molecule has 1 aliphatic rings. The van der Waals surface area contributed by atoms with Gasteiger partial charge in [-0.15, -0.1) is 0 Å². The molecule has 19 heavy (non-hydrogen) atoms. The number of aliphatic carboxylic acids is 1. The van der Waals surface area contributed by atoms with Crippen molar-refractivity contribution >= 4 is 22.0 Å². The van der Waals surface area contributed by atoms with Gasteiger partial charge in [0.2, 0.25) is 10.0 Å². The number of carbonyl (C=O) groups excluding carboxylic acids is 1. The van der Waals surface area contributed by atoms with Crippen LogP contribution in [0.3, 0.4) is 0 Å². The fourth-order valence-corrected chi connectivity index (χ4v) is 4.18. The second-order valence-electron chi connectivity index (χ2n) is 4.43. The zero-order chi connectivity index (χ0) is 14.7. The number of carboxylic acids is 1. The van der Waals surface area contributed by atoms with Crippen LogP contribution in [-0.2, 0) is 24.3 Å². The summed E-state index contributed by atoms with van der Waals surface area (Å²) < 4.78 is 29.9. The molecule has 1 unspecified atom stereocenters. The maximum atomic E-state index is 12.2. The zero-order valence-corrected chi connectivity index (χ0v) is 11.9. The molecule has 0 spiro atoms. The molecule has 1 fully saturated rings. The molecule has 1 saturated heterocycles. The third-order valence-electron chi connectivity index (χ3n) is 3.35. The molecule has 0 amide bonds. The van der Waals surface area contributed by atoms with Gasteiger partial charge in [0.15, 0.2) is 5.75 Å². The van der Waals surface area contributed by atoms with Crippen LogP contribution in [0.2, 0.25) is 0 Å². The van der Waals surface area contributed by atoms with E-state index in [1.165, 1.54) is 0 Å². The van der Waals surface area contributed by atoms with Crippen LogP contribution in [0.1, 0.15) is 33.1 Å². The molecule has 0 aliphatic carbocycles. The quantitative estimate of drug-likeness (QED) is 0.702. The lowest BCUT2D eigenvalue weighted by atomic mass is 9.95. The highest BCUT2D eigenvalue weighted by atomic mass is 32.2. The molecule has 0 saturated carbocycles. The van der Waals surface area contributed by atoms with Crippen molar-refractivity contribution in [3.8, 4) is 0 Å². The van der Waals surface area contributed by atoms with E-state index in [1.54, 1.807) is 13.8 Å². The summed E-state index contributed by atoms with van der Waals surface area (Å²) in [7, 11) is -3.97. The van der Waals surface area contributed by atoms with Crippen molar-refractivity contribution in [2.45, 2.75) is 38.6 Å². The van der Waals surface area contributed by atoms with Gasteiger partial charge in [-0.1, -0.05) is 6.92 Å². The summed E-state index contributed by atoms with van der Waals surface area (Å²) >= 11 is 0. The number of hydrogen-bond acceptors (Lipinski definition) is 5. The predicted molar refractivity (Wildman–Crippen MR) is 67.0 cm³/mol. The Labute approximate surface area is 112 Å². The molecule has 1 atom stereocenters. The summed E-state index contributed by atoms with van der Waals surface area (Å²) in [4.78, 5) is 22.7. The Morgan fingerprint density at radius 1 is 1.37 bits per heavy atom. The van der Waals surface area contributed by atoms with Crippen LogP contribution in [-0.4, -0.2) is 54.2 Å². The number of rotatable bonds is 6. The number of carbonyl (C=O) groups is 2. The molecule has 110 valence electrons. The van der Waals surface area contributed by atoms with Crippen LogP contribution in [0.15, 0.2) is 0 Å². The lowest BCUT2D eigenvalue weighted by Crippen LogP contribution is -2.53. The van der Waals surface area contributed by atoms with E-state index in [4.69, 9.17) is 0 Å². The summed E-state index contributed by atoms with van der Waals surface area (Å²) in [6.07, 6.45) is 0.910. The maximum Gasteiger partial charge on any atom is 0.325 e. The summed E-state index contributed by atoms with van der Waals surface area (Å²) in [5.74, 6) is -2.83. The fourth-order valence-electron chi connectivity index (χ4n) is 2.41. The molecule has 1 aliphatic heterocycles. The highest BCUT2D eigenvalue weighted by molar-refractivity contribution is 7.89. The van der Waals surface area contributed by atoms with E-state index in [-0.39, 0.29) is 26.0 Å². The second-order valence-corrected chi connectivity index (χ2v) is 6.32. The van der Waals surface area contributed by atoms with Crippen molar-refractivity contribution in [2.24, 2.45) is 0 Å². The van der Waals surface area contributed by atoms with E-state index in [1.807, 2.05) is 0 Å². The van der Waals surface area contributed by atoms with Gasteiger partial charge < -0.3 is 9.84 Å². The Morgan fingerprint density at radius 3 is 2.47 bits per heavy atom. The highest BCUT2D eigenvalue weighted by Crippen LogP contribution is 2.35. The molecule has 8 heteroatoms. The van der Waals surface area contributed by atoms with E-state index >= 15 is 0 Å². The number of esters is 1. The molecule has 0 radical (unpaired) electrons. The van der Waals surface area contributed by atoms with Crippen LogP contribution in [0.25, 0.3) is 0 Å². The molecular formula is C11H19NO6S. The Balaban J connectivity index is 3.00. The average Bonchev–Trinajstić information content (AvgIpc) is 2.74. The second kappa shape index (κ2) is 5.87. The smallest absolute Gasteiger partial charge is 0.325 e. The summed E-state index contributed by atoms with van der Waals surface area (Å²) in [5.41, 5.74) is -1.43. The molecule has 0 aromatic rings. The summed E-state index contributed by atoms with van der Waals surface area (Å²) in [6.45, 7) is 3.42. The van der Waals surface area contributed by atoms with Gasteiger partial charge >= 0.3 is 11.9 Å². The van der Waals surface area contributed by atoms with Crippen molar-refractivity contribution in [3.63, 3.8) is 0 Å². The van der Waals surface area contributed by atoms with E-state index < -0.39 is 33.3 Å². The minimum absolute atomic E-state index is 0.0895. The number of carboxylic acid groups (broad SMARTS) is 1. The molecular weight excluding hydrogens is 274 g/mol. The number of nitrogens with zero attached hydrogens (tertiary/aromatic N) is 1. The van der Waals surface area contributed by atoms with Crippen LogP contribution in [0, 0.1) is 0 Å². The monoisotopic (exact) mass is 293 g/mol. The predicted octanol–water partition coefficient (Wildman–Crippen LogP) is 0.209. The average molecular weight is 293 g/mol. The van der Waals surface area contributed by atoms with Gasteiger partial charge in [0, 0.05) is 6.54 Å². The Morgan fingerprint density at radius 2 is 2.00 bits per heavy atom. The molecule has 0 aromatic carbocycles. The Hall–Kier alpha value is -1.15. The van der Waals surface area contributed by atoms with E-state index in [9.17, 15) is 23.1 Å². The molecule has 1 rings (SSSR count). The van der Waals surface area contributed by atoms with Crippen molar-refractivity contribution in [2.75, 3.05) is 18.9 Å². The minimum atomic E-state index is -3.97. The summed E-state index contributed by atoms with van der Waals surface area (Å²) in [6, 6.07) is 0. The first-order chi connectivity index (χ1) is 8.80. The van der Waals surface area contributed by atoms with Crippen molar-refractivity contribution in [1.82, 2.24) is 4.31 Å². The van der Waals surface area contributed by atoms with Crippen molar-refractivity contribution < 1.29 is 27.9 Å². The van der Waals surface area contributed by atoms with Gasteiger partial charge in [0.05, 0.1) is 6.61 Å². The standard InChI is InChI=1S/C11H19NO6S/c1-3-11(10(14)15)6-5-7-12(11)19(16,17)8-9(13)18-4-2/h3-8H2,1-2H3,(H,14,15). The topological polar surface area (TPSA) is 101 Å². The minimum Gasteiger partial charge on any atom is -0.480 e. The lowest BCUT2D eigenvalue weighted by Gasteiger charge is -2.32. The zero-order valence-electron chi connectivity index (χ0n) is 11.1. The van der Waals surface area contributed by atoms with Crippen molar-refractivity contribution in [1.29, 1.82) is 0 Å². The largest absolute Gasteiger partial charge is 0.480 e. The van der Waals surface area contributed by atoms with Crippen LogP contribution < -0.4 is 0 Å². The third-order valence-corrected chi connectivity index (χ3v) is 5.16. The molecule has 1 N–H and O–H groups in total. The lowest BCUT2D eigenvalue weighted by molar-refractivity contribution is -0.147. The number of sulfonamides is 1. The number of hydrogen-bond donors (Lipinski definition) is 1. The fraction of sp³-hybridized carbons (Fsp3) is 0.818. The first-order valence-corrected chi connectivity index (χ1v) is 7.80. The maximum absolute atomic E-state index is 12.2. The van der Waals surface area contributed by atoms with Crippen LogP contribution in [0.4, 0.5) is 0 Å². The Bertz CT molecular complexity index is 460. The molecule has 7 nitrogen and oxygen atoms in total. The van der Waals surface area contributed by atoms with Gasteiger partial charge in [0.1, 0.15) is 5.54 Å². The van der Waals surface area contributed by atoms with Crippen LogP contribution in [0.5, 0.6) is 0 Å². The van der Waals surface area contributed by atoms with Gasteiger partial charge in [-0.3, -0.25) is 9.59 Å². The van der Waals surface area contributed by atoms with E-state index in [2.05, 4.69) is 4.74 Å². The van der Waals surface area contributed by atoms with Gasteiger partial charge in [-0.05, 0) is 26.2 Å². The number of ether oxygens (including phenoxy) is 1. The normalized spacial score (nSPS) is 24.3. The summed E-state index contributed by atoms with van der Waals surface area (Å²) in [5, 5.41) is 9.31. The molecule has 0 aromatic heterocycles. The first-order valence-electron chi connectivity index (χ1n) is 6.19. The van der Waals surface area contributed by atoms with Crippen LogP contribution >= 0.6 is 0 Å². The molecule has 1 heterocycles. The highest BCUT2D eigenvalue weighted by Gasteiger charge is 2.52. The third kappa shape index (κ3) is 3.06. The van der Waals surface area contributed by atoms with Crippen molar-refractivity contribution in [3.05, 3.63) is 0 Å². The molecule has 0 bridgehead atoms.